The summed E-state index contributed by atoms with van der Waals surface area (Å²) >= 11 is 0. The maximum atomic E-state index is 13.2. The Balaban J connectivity index is 1.82. The molecule has 3 rings (SSSR count). The number of urea groups is 1. The lowest BCUT2D eigenvalue weighted by molar-refractivity contribution is -0.123. The lowest BCUT2D eigenvalue weighted by Gasteiger charge is -2.12. The number of carbonyl (C=O) groups is 2. The number of carbonyl (C=O) groups excluding carboxylic acids is 2. The Morgan fingerprint density at radius 1 is 1.13 bits per heavy atom. The molecule has 1 saturated heterocycles. The highest BCUT2D eigenvalue weighted by Crippen LogP contribution is 2.17. The van der Waals surface area contributed by atoms with Crippen LogP contribution in [0.3, 0.4) is 0 Å². The van der Waals surface area contributed by atoms with Gasteiger partial charge in [0.1, 0.15) is 11.5 Å². The molecule has 1 aliphatic heterocycles. The quantitative estimate of drug-likeness (QED) is 0.699. The van der Waals surface area contributed by atoms with E-state index in [4.69, 9.17) is 0 Å². The number of benzene rings is 2. The number of amides is 3. The van der Waals surface area contributed by atoms with Gasteiger partial charge >= 0.3 is 6.03 Å². The molecule has 0 aromatic heterocycles. The Morgan fingerprint density at radius 3 is 2.65 bits per heavy atom. The van der Waals surface area contributed by atoms with Crippen LogP contribution in [0.25, 0.3) is 6.08 Å². The second kappa shape index (κ2) is 6.04. The fraction of sp³-hybridized carbons (Fsp3) is 0.111. The standard InChI is InChI=1S/C18H15FN2O2/c1-12-4-2-6-14(8-12)11-21-17(22)16(20-18(21)23)10-13-5-3-7-15(19)9-13/h2-10H,11H2,1H3,(H,20,23)/b16-10+. The van der Waals surface area contributed by atoms with Crippen molar-refractivity contribution in [2.24, 2.45) is 0 Å². The van der Waals surface area contributed by atoms with Crippen molar-refractivity contribution in [3.05, 3.63) is 76.7 Å². The molecule has 0 bridgehead atoms. The van der Waals surface area contributed by atoms with E-state index in [0.717, 1.165) is 16.0 Å². The van der Waals surface area contributed by atoms with Crippen LogP contribution in [0.2, 0.25) is 0 Å². The van der Waals surface area contributed by atoms with Gasteiger partial charge in [-0.1, -0.05) is 42.0 Å². The SMILES string of the molecule is Cc1cccc(CN2C(=O)N/C(=C/c3cccc(F)c3)C2=O)c1. The molecule has 0 aliphatic carbocycles. The Bertz CT molecular complexity index is 814. The van der Waals surface area contributed by atoms with E-state index in [0.29, 0.717) is 5.56 Å². The highest BCUT2D eigenvalue weighted by molar-refractivity contribution is 6.13. The molecule has 0 saturated carbocycles. The third-order valence-corrected chi connectivity index (χ3v) is 3.55. The number of hydrogen-bond donors (Lipinski definition) is 1. The van der Waals surface area contributed by atoms with Crippen LogP contribution in [0.15, 0.2) is 54.2 Å². The van der Waals surface area contributed by atoms with Crippen LogP contribution in [0.1, 0.15) is 16.7 Å². The molecule has 1 aliphatic rings. The van der Waals surface area contributed by atoms with Crippen molar-refractivity contribution in [2.75, 3.05) is 0 Å². The molecule has 1 heterocycles. The van der Waals surface area contributed by atoms with E-state index < -0.39 is 17.8 Å². The molecule has 3 amide bonds. The number of nitrogens with zero attached hydrogens (tertiary/aromatic N) is 1. The van der Waals surface area contributed by atoms with Crippen molar-refractivity contribution in [1.29, 1.82) is 0 Å². The zero-order valence-corrected chi connectivity index (χ0v) is 12.5. The predicted octanol–water partition coefficient (Wildman–Crippen LogP) is 3.23. The van der Waals surface area contributed by atoms with Crippen molar-refractivity contribution in [3.63, 3.8) is 0 Å². The van der Waals surface area contributed by atoms with E-state index in [2.05, 4.69) is 5.32 Å². The Labute approximate surface area is 133 Å². The first kappa shape index (κ1) is 15.0. The number of nitrogens with one attached hydrogen (secondary N) is 1. The van der Waals surface area contributed by atoms with E-state index in [1.54, 1.807) is 12.1 Å². The lowest BCUT2D eigenvalue weighted by Crippen LogP contribution is -2.30. The van der Waals surface area contributed by atoms with Crippen LogP contribution in [-0.2, 0) is 11.3 Å². The molecule has 2 aromatic rings. The molecule has 2 aromatic carbocycles. The molecule has 0 atom stereocenters. The van der Waals surface area contributed by atoms with Gasteiger partial charge in [-0.15, -0.1) is 0 Å². The summed E-state index contributed by atoms with van der Waals surface area (Å²) < 4.78 is 13.2. The van der Waals surface area contributed by atoms with Crippen LogP contribution in [-0.4, -0.2) is 16.8 Å². The summed E-state index contributed by atoms with van der Waals surface area (Å²) in [6.07, 6.45) is 1.47. The van der Waals surface area contributed by atoms with E-state index >= 15 is 0 Å². The number of hydrogen-bond acceptors (Lipinski definition) is 2. The topological polar surface area (TPSA) is 49.4 Å². The maximum Gasteiger partial charge on any atom is 0.329 e. The molecule has 1 N–H and O–H groups in total. The lowest BCUT2D eigenvalue weighted by atomic mass is 10.1. The zero-order chi connectivity index (χ0) is 16.4. The first-order chi connectivity index (χ1) is 11.0. The van der Waals surface area contributed by atoms with Crippen LogP contribution in [0, 0.1) is 12.7 Å². The summed E-state index contributed by atoms with van der Waals surface area (Å²) in [7, 11) is 0. The number of aryl methyl sites for hydroxylation is 1. The molecule has 4 nitrogen and oxygen atoms in total. The Hall–Kier alpha value is -2.95. The zero-order valence-electron chi connectivity index (χ0n) is 12.5. The Kier molecular flexibility index (Phi) is 3.93. The fourth-order valence-electron chi connectivity index (χ4n) is 2.47. The predicted molar refractivity (Wildman–Crippen MR) is 84.6 cm³/mol. The van der Waals surface area contributed by atoms with Gasteiger partial charge in [0.2, 0.25) is 0 Å². The van der Waals surface area contributed by atoms with Gasteiger partial charge in [-0.05, 0) is 36.3 Å². The van der Waals surface area contributed by atoms with Gasteiger partial charge in [-0.25, -0.2) is 9.18 Å². The van der Waals surface area contributed by atoms with E-state index in [1.165, 1.54) is 18.2 Å². The van der Waals surface area contributed by atoms with Gasteiger partial charge in [0, 0.05) is 0 Å². The minimum atomic E-state index is -0.473. The van der Waals surface area contributed by atoms with Crippen molar-refractivity contribution >= 4 is 18.0 Å². The molecular weight excluding hydrogens is 295 g/mol. The number of imide groups is 1. The molecular formula is C18H15FN2O2. The molecule has 116 valence electrons. The highest BCUT2D eigenvalue weighted by Gasteiger charge is 2.33. The normalized spacial score (nSPS) is 16.1. The van der Waals surface area contributed by atoms with Gasteiger partial charge in [-0.3, -0.25) is 9.69 Å². The van der Waals surface area contributed by atoms with Gasteiger partial charge in [0.15, 0.2) is 0 Å². The third-order valence-electron chi connectivity index (χ3n) is 3.55. The van der Waals surface area contributed by atoms with E-state index in [1.807, 2.05) is 31.2 Å². The summed E-state index contributed by atoms with van der Waals surface area (Å²) in [6.45, 7) is 2.15. The first-order valence-corrected chi connectivity index (χ1v) is 7.18. The summed E-state index contributed by atoms with van der Waals surface area (Å²) in [4.78, 5) is 25.5. The summed E-state index contributed by atoms with van der Waals surface area (Å²) in [5, 5.41) is 2.53. The fourth-order valence-corrected chi connectivity index (χ4v) is 2.47. The Morgan fingerprint density at radius 2 is 1.91 bits per heavy atom. The monoisotopic (exact) mass is 310 g/mol. The van der Waals surface area contributed by atoms with Crippen molar-refractivity contribution < 1.29 is 14.0 Å². The molecule has 1 fully saturated rings. The molecule has 0 unspecified atom stereocenters. The third kappa shape index (κ3) is 3.29. The van der Waals surface area contributed by atoms with Gasteiger partial charge in [0.05, 0.1) is 6.54 Å². The van der Waals surface area contributed by atoms with E-state index in [-0.39, 0.29) is 12.2 Å². The summed E-state index contributed by atoms with van der Waals surface area (Å²) in [5.74, 6) is -0.812. The van der Waals surface area contributed by atoms with Crippen LogP contribution >= 0.6 is 0 Å². The van der Waals surface area contributed by atoms with Crippen LogP contribution < -0.4 is 5.32 Å². The minimum Gasteiger partial charge on any atom is -0.303 e. The van der Waals surface area contributed by atoms with Crippen molar-refractivity contribution in [2.45, 2.75) is 13.5 Å². The van der Waals surface area contributed by atoms with Gasteiger partial charge < -0.3 is 5.32 Å². The molecule has 0 spiro atoms. The highest BCUT2D eigenvalue weighted by atomic mass is 19.1. The average molecular weight is 310 g/mol. The second-order valence-corrected chi connectivity index (χ2v) is 5.42. The molecule has 23 heavy (non-hydrogen) atoms. The minimum absolute atomic E-state index is 0.147. The van der Waals surface area contributed by atoms with Gasteiger partial charge in [-0.2, -0.15) is 0 Å². The molecule has 5 heteroatoms. The number of rotatable bonds is 3. The summed E-state index contributed by atoms with van der Waals surface area (Å²) in [6, 6.07) is 13.0. The van der Waals surface area contributed by atoms with Crippen LogP contribution in [0.4, 0.5) is 9.18 Å². The van der Waals surface area contributed by atoms with Crippen LogP contribution in [0.5, 0.6) is 0 Å². The maximum absolute atomic E-state index is 13.2. The van der Waals surface area contributed by atoms with Crippen molar-refractivity contribution in [1.82, 2.24) is 10.2 Å². The second-order valence-electron chi connectivity index (χ2n) is 5.42. The van der Waals surface area contributed by atoms with Crippen molar-refractivity contribution in [3.8, 4) is 0 Å². The van der Waals surface area contributed by atoms with Gasteiger partial charge in [0.25, 0.3) is 5.91 Å². The molecule has 0 radical (unpaired) electrons. The summed E-state index contributed by atoms with van der Waals surface area (Å²) in [5.41, 5.74) is 2.60. The smallest absolute Gasteiger partial charge is 0.303 e. The number of halogens is 1. The average Bonchev–Trinajstić information content (AvgIpc) is 2.75. The largest absolute Gasteiger partial charge is 0.329 e. The van der Waals surface area contributed by atoms with E-state index in [9.17, 15) is 14.0 Å². The first-order valence-electron chi connectivity index (χ1n) is 7.18.